The van der Waals surface area contributed by atoms with Crippen molar-refractivity contribution in [2.24, 2.45) is 0 Å². The van der Waals surface area contributed by atoms with Gasteiger partial charge < -0.3 is 9.05 Å². The average molecular weight is 348 g/mol. The van der Waals surface area contributed by atoms with Crippen molar-refractivity contribution in [2.45, 2.75) is 45.8 Å². The number of anilines is 1. The van der Waals surface area contributed by atoms with Crippen LogP contribution in [0.25, 0.3) is 0 Å². The number of carbonyl (C=O) groups is 1. The maximum atomic E-state index is 12.4. The summed E-state index contributed by atoms with van der Waals surface area (Å²) < 4.78 is 10.1. The highest BCUT2D eigenvalue weighted by molar-refractivity contribution is 5.93. The van der Waals surface area contributed by atoms with Gasteiger partial charge in [0.25, 0.3) is 0 Å². The molecule has 3 rings (SSSR count). The number of amides is 1. The van der Waals surface area contributed by atoms with Gasteiger partial charge in [0.1, 0.15) is 0 Å². The SMILES string of the molecule is Cc1cc(NC(=O)[C@@H](C)N2CC[C@@H](N(C)Cc3noc(C)n3)C2)on1. The first kappa shape index (κ1) is 17.6. The second-order valence-corrected chi connectivity index (χ2v) is 6.58. The van der Waals surface area contributed by atoms with Crippen molar-refractivity contribution in [3.63, 3.8) is 0 Å². The normalized spacial score (nSPS) is 19.5. The predicted octanol–water partition coefficient (Wildman–Crippen LogP) is 1.21. The minimum absolute atomic E-state index is 0.0896. The Morgan fingerprint density at radius 1 is 1.44 bits per heavy atom. The smallest absolute Gasteiger partial charge is 0.243 e. The summed E-state index contributed by atoms with van der Waals surface area (Å²) in [6.45, 7) is 7.82. The number of carbonyl (C=O) groups excluding carboxylic acids is 1. The zero-order valence-corrected chi connectivity index (χ0v) is 15.0. The van der Waals surface area contributed by atoms with E-state index in [2.05, 4.69) is 30.4 Å². The lowest BCUT2D eigenvalue weighted by molar-refractivity contribution is -0.120. The fraction of sp³-hybridized carbons (Fsp3) is 0.625. The Bertz CT molecular complexity index is 727. The fourth-order valence-corrected chi connectivity index (χ4v) is 3.05. The first-order chi connectivity index (χ1) is 11.9. The first-order valence-electron chi connectivity index (χ1n) is 8.40. The van der Waals surface area contributed by atoms with Crippen LogP contribution in [0.2, 0.25) is 0 Å². The molecule has 1 saturated heterocycles. The van der Waals surface area contributed by atoms with E-state index in [4.69, 9.17) is 9.05 Å². The molecule has 1 aliphatic rings. The summed E-state index contributed by atoms with van der Waals surface area (Å²) in [5.74, 6) is 1.55. The van der Waals surface area contributed by atoms with Crippen LogP contribution in [0.15, 0.2) is 15.1 Å². The molecule has 2 aromatic rings. The van der Waals surface area contributed by atoms with Crippen molar-refractivity contribution in [3.05, 3.63) is 23.5 Å². The van der Waals surface area contributed by atoms with E-state index < -0.39 is 0 Å². The predicted molar refractivity (Wildman–Crippen MR) is 89.8 cm³/mol. The number of hydrogen-bond donors (Lipinski definition) is 1. The molecular formula is C16H24N6O3. The van der Waals surface area contributed by atoms with Crippen LogP contribution >= 0.6 is 0 Å². The lowest BCUT2D eigenvalue weighted by Crippen LogP contribution is -2.42. The van der Waals surface area contributed by atoms with Gasteiger partial charge in [-0.2, -0.15) is 4.98 Å². The van der Waals surface area contributed by atoms with E-state index in [9.17, 15) is 4.79 Å². The quantitative estimate of drug-likeness (QED) is 0.831. The van der Waals surface area contributed by atoms with Crippen molar-refractivity contribution >= 4 is 11.8 Å². The maximum absolute atomic E-state index is 12.4. The Morgan fingerprint density at radius 2 is 2.24 bits per heavy atom. The molecule has 9 nitrogen and oxygen atoms in total. The van der Waals surface area contributed by atoms with Crippen molar-refractivity contribution in [2.75, 3.05) is 25.5 Å². The van der Waals surface area contributed by atoms with E-state index >= 15 is 0 Å². The summed E-state index contributed by atoms with van der Waals surface area (Å²) in [4.78, 5) is 21.0. The molecule has 1 amide bonds. The van der Waals surface area contributed by atoms with E-state index in [1.165, 1.54) is 0 Å². The van der Waals surface area contributed by atoms with Crippen molar-refractivity contribution in [1.29, 1.82) is 0 Å². The van der Waals surface area contributed by atoms with Crippen molar-refractivity contribution in [1.82, 2.24) is 25.1 Å². The van der Waals surface area contributed by atoms with Gasteiger partial charge in [0.15, 0.2) is 5.82 Å². The molecule has 2 atom stereocenters. The zero-order chi connectivity index (χ0) is 18.0. The molecule has 0 spiro atoms. The average Bonchev–Trinajstić information content (AvgIpc) is 3.28. The van der Waals surface area contributed by atoms with Gasteiger partial charge in [0.2, 0.25) is 17.7 Å². The van der Waals surface area contributed by atoms with Gasteiger partial charge in [-0.25, -0.2) is 0 Å². The highest BCUT2D eigenvalue weighted by atomic mass is 16.5. The molecule has 0 aromatic carbocycles. The number of likely N-dealkylation sites (N-methyl/N-ethyl adjacent to an activating group) is 1. The number of likely N-dealkylation sites (tertiary alicyclic amines) is 1. The molecule has 25 heavy (non-hydrogen) atoms. The molecule has 1 fully saturated rings. The van der Waals surface area contributed by atoms with Crippen LogP contribution in [0.1, 0.15) is 30.8 Å². The van der Waals surface area contributed by atoms with Gasteiger partial charge in [0, 0.05) is 32.1 Å². The van der Waals surface area contributed by atoms with Gasteiger partial charge >= 0.3 is 0 Å². The summed E-state index contributed by atoms with van der Waals surface area (Å²) in [6, 6.07) is 1.82. The Hall–Kier alpha value is -2.26. The lowest BCUT2D eigenvalue weighted by atomic mass is 10.2. The van der Waals surface area contributed by atoms with Crippen LogP contribution in [-0.4, -0.2) is 63.2 Å². The van der Waals surface area contributed by atoms with E-state index in [-0.39, 0.29) is 11.9 Å². The standard InChI is InChI=1S/C16H24N6O3/c1-10-7-15(25-19-10)18-16(23)11(2)22-6-5-13(8-22)21(4)9-14-17-12(3)24-20-14/h7,11,13H,5-6,8-9H2,1-4H3,(H,18,23)/t11-,13-/m1/s1. The second-order valence-electron chi connectivity index (χ2n) is 6.58. The number of aryl methyl sites for hydroxylation is 2. The lowest BCUT2D eigenvalue weighted by Gasteiger charge is -2.26. The molecule has 0 bridgehead atoms. The topological polar surface area (TPSA) is 101 Å². The first-order valence-corrected chi connectivity index (χ1v) is 8.40. The van der Waals surface area contributed by atoms with Gasteiger partial charge in [-0.05, 0) is 27.3 Å². The monoisotopic (exact) mass is 348 g/mol. The molecule has 0 saturated carbocycles. The fourth-order valence-electron chi connectivity index (χ4n) is 3.05. The van der Waals surface area contributed by atoms with Crippen LogP contribution in [0, 0.1) is 13.8 Å². The largest absolute Gasteiger partial charge is 0.340 e. The van der Waals surface area contributed by atoms with E-state index in [0.29, 0.717) is 30.2 Å². The van der Waals surface area contributed by atoms with E-state index in [1.807, 2.05) is 20.9 Å². The number of hydrogen-bond acceptors (Lipinski definition) is 8. The van der Waals surface area contributed by atoms with Crippen LogP contribution in [0.3, 0.4) is 0 Å². The highest BCUT2D eigenvalue weighted by Gasteiger charge is 2.32. The Kier molecular flexibility index (Phi) is 5.14. The number of nitrogens with one attached hydrogen (secondary N) is 1. The Balaban J connectivity index is 1.51. The molecular weight excluding hydrogens is 324 g/mol. The van der Waals surface area contributed by atoms with Crippen molar-refractivity contribution < 1.29 is 13.8 Å². The van der Waals surface area contributed by atoms with Crippen LogP contribution in [-0.2, 0) is 11.3 Å². The molecule has 1 N–H and O–H groups in total. The third-order valence-electron chi connectivity index (χ3n) is 4.58. The maximum Gasteiger partial charge on any atom is 0.243 e. The molecule has 0 radical (unpaired) electrons. The summed E-state index contributed by atoms with van der Waals surface area (Å²) in [5.41, 5.74) is 0.738. The van der Waals surface area contributed by atoms with E-state index in [1.54, 1.807) is 13.0 Å². The van der Waals surface area contributed by atoms with Crippen LogP contribution < -0.4 is 5.32 Å². The summed E-state index contributed by atoms with van der Waals surface area (Å²) in [5, 5.41) is 10.5. The molecule has 2 aromatic heterocycles. The molecule has 0 aliphatic carbocycles. The van der Waals surface area contributed by atoms with E-state index in [0.717, 1.165) is 25.2 Å². The number of rotatable bonds is 6. The molecule has 1 aliphatic heterocycles. The number of nitrogens with zero attached hydrogens (tertiary/aromatic N) is 5. The Morgan fingerprint density at radius 3 is 2.88 bits per heavy atom. The molecule has 9 heteroatoms. The molecule has 3 heterocycles. The zero-order valence-electron chi connectivity index (χ0n) is 15.0. The van der Waals surface area contributed by atoms with Crippen LogP contribution in [0.5, 0.6) is 0 Å². The van der Waals surface area contributed by atoms with Gasteiger partial charge in [-0.3, -0.25) is 19.9 Å². The van der Waals surface area contributed by atoms with Crippen molar-refractivity contribution in [3.8, 4) is 0 Å². The minimum atomic E-state index is -0.240. The van der Waals surface area contributed by atoms with Gasteiger partial charge in [-0.15, -0.1) is 0 Å². The molecule has 0 unspecified atom stereocenters. The molecule has 136 valence electrons. The Labute approximate surface area is 146 Å². The minimum Gasteiger partial charge on any atom is -0.340 e. The summed E-state index contributed by atoms with van der Waals surface area (Å²) in [6.07, 6.45) is 0.992. The number of aromatic nitrogens is 3. The third-order valence-corrected chi connectivity index (χ3v) is 4.58. The van der Waals surface area contributed by atoms with Gasteiger partial charge in [-0.1, -0.05) is 10.3 Å². The second kappa shape index (κ2) is 7.32. The summed E-state index contributed by atoms with van der Waals surface area (Å²) >= 11 is 0. The third kappa shape index (κ3) is 4.23. The summed E-state index contributed by atoms with van der Waals surface area (Å²) in [7, 11) is 2.04. The highest BCUT2D eigenvalue weighted by Crippen LogP contribution is 2.19. The van der Waals surface area contributed by atoms with Crippen LogP contribution in [0.4, 0.5) is 5.88 Å². The van der Waals surface area contributed by atoms with Gasteiger partial charge in [0.05, 0.1) is 18.3 Å².